The predicted octanol–water partition coefficient (Wildman–Crippen LogP) is 0.443. The van der Waals surface area contributed by atoms with E-state index in [2.05, 4.69) is 20.8 Å². The van der Waals surface area contributed by atoms with Crippen molar-refractivity contribution in [3.63, 3.8) is 0 Å². The first-order chi connectivity index (χ1) is 9.15. The van der Waals surface area contributed by atoms with Gasteiger partial charge < -0.3 is 15.2 Å². The van der Waals surface area contributed by atoms with Gasteiger partial charge in [-0.15, -0.1) is 0 Å². The summed E-state index contributed by atoms with van der Waals surface area (Å²) in [6.45, 7) is 1.75. The minimum Gasteiger partial charge on any atom is -0.345 e. The van der Waals surface area contributed by atoms with Crippen LogP contribution in [0.4, 0.5) is 0 Å². The summed E-state index contributed by atoms with van der Waals surface area (Å²) in [5.41, 5.74) is 0. The molecular formula is C12H18N4O3. The Bertz CT molecular complexity index is 452. The Hall–Kier alpha value is -1.92. The Morgan fingerprint density at radius 1 is 1.26 bits per heavy atom. The van der Waals surface area contributed by atoms with Crippen LogP contribution in [0.3, 0.4) is 0 Å². The maximum absolute atomic E-state index is 11.6. The number of nitrogens with one attached hydrogen (secondary N) is 2. The second-order valence-electron chi connectivity index (χ2n) is 4.73. The topological polar surface area (TPSA) is 97.1 Å². The average Bonchev–Trinajstić information content (AvgIpc) is 2.83. The van der Waals surface area contributed by atoms with E-state index in [-0.39, 0.29) is 18.5 Å². The van der Waals surface area contributed by atoms with Crippen LogP contribution in [0.2, 0.25) is 0 Å². The van der Waals surface area contributed by atoms with Gasteiger partial charge in [-0.05, 0) is 19.8 Å². The Morgan fingerprint density at radius 2 is 2.00 bits per heavy atom. The lowest BCUT2D eigenvalue weighted by molar-refractivity contribution is -0.139. The molecule has 104 valence electrons. The number of carbonyl (C=O) groups excluding carboxylic acids is 2. The molecule has 0 atom stereocenters. The third kappa shape index (κ3) is 4.04. The highest BCUT2D eigenvalue weighted by Crippen LogP contribution is 2.17. The van der Waals surface area contributed by atoms with E-state index in [0.717, 1.165) is 25.7 Å². The van der Waals surface area contributed by atoms with Crippen molar-refractivity contribution in [3.8, 4) is 0 Å². The maximum atomic E-state index is 11.6. The molecule has 7 heteroatoms. The van der Waals surface area contributed by atoms with Gasteiger partial charge >= 0.3 is 11.8 Å². The lowest BCUT2D eigenvalue weighted by Crippen LogP contribution is -2.45. The molecule has 1 aromatic rings. The molecular weight excluding hydrogens is 248 g/mol. The molecule has 0 aromatic carbocycles. The average molecular weight is 266 g/mol. The van der Waals surface area contributed by atoms with Crippen LogP contribution in [0.5, 0.6) is 0 Å². The molecule has 0 bridgehead atoms. The van der Waals surface area contributed by atoms with Crippen LogP contribution >= 0.6 is 0 Å². The number of rotatable bonds is 3. The van der Waals surface area contributed by atoms with Gasteiger partial charge in [0, 0.05) is 6.04 Å². The highest BCUT2D eigenvalue weighted by molar-refractivity contribution is 6.35. The summed E-state index contributed by atoms with van der Waals surface area (Å²) in [6.07, 6.45) is 5.31. The highest BCUT2D eigenvalue weighted by Gasteiger charge is 2.20. The molecule has 2 amide bonds. The third-order valence-electron chi connectivity index (χ3n) is 3.12. The zero-order valence-corrected chi connectivity index (χ0v) is 10.9. The minimum absolute atomic E-state index is 0.0672. The zero-order chi connectivity index (χ0) is 13.7. The molecule has 0 saturated heterocycles. The first kappa shape index (κ1) is 13.5. The van der Waals surface area contributed by atoms with Gasteiger partial charge in [0.05, 0.1) is 6.54 Å². The molecule has 2 N–H and O–H groups in total. The molecule has 0 spiro atoms. The van der Waals surface area contributed by atoms with Crippen molar-refractivity contribution >= 4 is 11.8 Å². The fourth-order valence-electron chi connectivity index (χ4n) is 2.15. The largest absolute Gasteiger partial charge is 0.345 e. The number of hydrogen-bond donors (Lipinski definition) is 2. The molecule has 1 heterocycles. The maximum Gasteiger partial charge on any atom is 0.309 e. The third-order valence-corrected chi connectivity index (χ3v) is 3.12. The Balaban J connectivity index is 1.74. The highest BCUT2D eigenvalue weighted by atomic mass is 16.5. The first-order valence-electron chi connectivity index (χ1n) is 6.53. The molecule has 19 heavy (non-hydrogen) atoms. The van der Waals surface area contributed by atoms with Crippen LogP contribution in [-0.4, -0.2) is 28.0 Å². The van der Waals surface area contributed by atoms with Crippen LogP contribution in [-0.2, 0) is 16.1 Å². The standard InChI is InChI=1S/C12H18N4O3/c1-8-14-10(19-16-8)7-13-11(17)12(18)15-9-5-3-2-4-6-9/h9H,2-7H2,1H3,(H,13,17)(H,15,18). The zero-order valence-electron chi connectivity index (χ0n) is 10.9. The molecule has 2 rings (SSSR count). The molecule has 1 aromatic heterocycles. The van der Waals surface area contributed by atoms with Gasteiger partial charge in [0.1, 0.15) is 0 Å². The second kappa shape index (κ2) is 6.31. The van der Waals surface area contributed by atoms with Crippen molar-refractivity contribution in [2.75, 3.05) is 0 Å². The van der Waals surface area contributed by atoms with Crippen LogP contribution in [0, 0.1) is 6.92 Å². The molecule has 1 fully saturated rings. The summed E-state index contributed by atoms with van der Waals surface area (Å²) in [5, 5.41) is 8.79. The molecule has 1 aliphatic rings. The molecule has 0 radical (unpaired) electrons. The number of aryl methyl sites for hydroxylation is 1. The van der Waals surface area contributed by atoms with E-state index in [1.54, 1.807) is 6.92 Å². The normalized spacial score (nSPS) is 16.1. The SMILES string of the molecule is Cc1noc(CNC(=O)C(=O)NC2CCCCC2)n1. The van der Waals surface area contributed by atoms with Crippen molar-refractivity contribution in [1.29, 1.82) is 0 Å². The monoisotopic (exact) mass is 266 g/mol. The quantitative estimate of drug-likeness (QED) is 0.774. The van der Waals surface area contributed by atoms with Crippen LogP contribution in [0.25, 0.3) is 0 Å². The van der Waals surface area contributed by atoms with E-state index in [9.17, 15) is 9.59 Å². The van der Waals surface area contributed by atoms with Crippen molar-refractivity contribution < 1.29 is 14.1 Å². The van der Waals surface area contributed by atoms with E-state index in [1.807, 2.05) is 0 Å². The van der Waals surface area contributed by atoms with Gasteiger partial charge in [-0.25, -0.2) is 0 Å². The molecule has 1 saturated carbocycles. The number of amides is 2. The van der Waals surface area contributed by atoms with Gasteiger partial charge in [0.2, 0.25) is 5.89 Å². The second-order valence-corrected chi connectivity index (χ2v) is 4.73. The van der Waals surface area contributed by atoms with E-state index >= 15 is 0 Å². The van der Waals surface area contributed by atoms with E-state index in [1.165, 1.54) is 6.42 Å². The summed E-state index contributed by atoms with van der Waals surface area (Å²) < 4.78 is 4.84. The predicted molar refractivity (Wildman–Crippen MR) is 65.9 cm³/mol. The summed E-state index contributed by atoms with van der Waals surface area (Å²) >= 11 is 0. The Morgan fingerprint density at radius 3 is 2.63 bits per heavy atom. The summed E-state index contributed by atoms with van der Waals surface area (Å²) in [5.74, 6) is -0.475. The summed E-state index contributed by atoms with van der Waals surface area (Å²) in [7, 11) is 0. The fraction of sp³-hybridized carbons (Fsp3) is 0.667. The summed E-state index contributed by atoms with van der Waals surface area (Å²) in [6, 6.07) is 0.123. The molecule has 7 nitrogen and oxygen atoms in total. The van der Waals surface area contributed by atoms with Crippen molar-refractivity contribution in [1.82, 2.24) is 20.8 Å². The smallest absolute Gasteiger partial charge is 0.309 e. The van der Waals surface area contributed by atoms with Crippen molar-refractivity contribution in [2.45, 2.75) is 51.6 Å². The lowest BCUT2D eigenvalue weighted by atomic mass is 9.95. The Kier molecular flexibility index (Phi) is 4.48. The van der Waals surface area contributed by atoms with E-state index in [4.69, 9.17) is 4.52 Å². The number of hydrogen-bond acceptors (Lipinski definition) is 5. The van der Waals surface area contributed by atoms with Crippen LogP contribution in [0.15, 0.2) is 4.52 Å². The minimum atomic E-state index is -0.665. The number of aromatic nitrogens is 2. The summed E-state index contributed by atoms with van der Waals surface area (Å²) in [4.78, 5) is 27.2. The van der Waals surface area contributed by atoms with E-state index < -0.39 is 11.8 Å². The first-order valence-corrected chi connectivity index (χ1v) is 6.53. The number of nitrogens with zero attached hydrogens (tertiary/aromatic N) is 2. The van der Waals surface area contributed by atoms with Crippen molar-refractivity contribution in [3.05, 3.63) is 11.7 Å². The van der Waals surface area contributed by atoms with Gasteiger partial charge in [0.15, 0.2) is 5.82 Å². The van der Waals surface area contributed by atoms with Gasteiger partial charge in [0.25, 0.3) is 0 Å². The van der Waals surface area contributed by atoms with Crippen LogP contribution < -0.4 is 10.6 Å². The van der Waals surface area contributed by atoms with Crippen molar-refractivity contribution in [2.24, 2.45) is 0 Å². The van der Waals surface area contributed by atoms with E-state index in [0.29, 0.717) is 5.82 Å². The van der Waals surface area contributed by atoms with Crippen LogP contribution in [0.1, 0.15) is 43.8 Å². The van der Waals surface area contributed by atoms with Gasteiger partial charge in [-0.3, -0.25) is 9.59 Å². The number of carbonyl (C=O) groups is 2. The lowest BCUT2D eigenvalue weighted by Gasteiger charge is -2.22. The fourth-order valence-corrected chi connectivity index (χ4v) is 2.15. The Labute approximate surface area is 111 Å². The van der Waals surface area contributed by atoms with Gasteiger partial charge in [-0.1, -0.05) is 24.4 Å². The molecule has 0 aliphatic heterocycles. The molecule has 1 aliphatic carbocycles. The van der Waals surface area contributed by atoms with Gasteiger partial charge in [-0.2, -0.15) is 4.98 Å². The molecule has 0 unspecified atom stereocenters.